The van der Waals surface area contributed by atoms with Gasteiger partial charge in [0.2, 0.25) is 5.91 Å². The molecule has 0 bridgehead atoms. The van der Waals surface area contributed by atoms with Crippen molar-refractivity contribution in [3.05, 3.63) is 51.1 Å². The van der Waals surface area contributed by atoms with Gasteiger partial charge in [0.25, 0.3) is 11.5 Å². The van der Waals surface area contributed by atoms with Gasteiger partial charge in [-0.05, 0) is 36.8 Å². The number of anilines is 1. The molecule has 132 valence electrons. The lowest BCUT2D eigenvalue weighted by atomic mass is 10.2. The van der Waals surface area contributed by atoms with E-state index in [4.69, 9.17) is 0 Å². The molecule has 1 aliphatic rings. The molecule has 7 heteroatoms. The van der Waals surface area contributed by atoms with Crippen molar-refractivity contribution >= 4 is 28.8 Å². The minimum atomic E-state index is -0.471. The third-order valence-corrected chi connectivity index (χ3v) is 5.12. The summed E-state index contributed by atoms with van der Waals surface area (Å²) in [6.45, 7) is 3.18. The van der Waals surface area contributed by atoms with Gasteiger partial charge in [-0.15, -0.1) is 11.3 Å². The van der Waals surface area contributed by atoms with Crippen LogP contribution in [-0.4, -0.2) is 33.9 Å². The molecule has 6 nitrogen and oxygen atoms in total. The van der Waals surface area contributed by atoms with Gasteiger partial charge in [-0.3, -0.25) is 14.4 Å². The van der Waals surface area contributed by atoms with Crippen LogP contribution in [0.3, 0.4) is 0 Å². The summed E-state index contributed by atoms with van der Waals surface area (Å²) in [7, 11) is 0. The maximum Gasteiger partial charge on any atom is 0.264 e. The molecule has 1 fully saturated rings. The van der Waals surface area contributed by atoms with Gasteiger partial charge < -0.3 is 14.8 Å². The van der Waals surface area contributed by atoms with Crippen molar-refractivity contribution in [3.8, 4) is 0 Å². The van der Waals surface area contributed by atoms with Gasteiger partial charge >= 0.3 is 0 Å². The summed E-state index contributed by atoms with van der Waals surface area (Å²) in [4.78, 5) is 39.3. The van der Waals surface area contributed by atoms with E-state index in [0.29, 0.717) is 30.1 Å². The number of carbonyl (C=O) groups excluding carboxylic acids is 2. The zero-order valence-electron chi connectivity index (χ0n) is 14.1. The van der Waals surface area contributed by atoms with Crippen molar-refractivity contribution in [2.45, 2.75) is 38.8 Å². The average molecular weight is 359 g/mol. The molecule has 1 N–H and O–H groups in total. The predicted octanol–water partition coefficient (Wildman–Crippen LogP) is 2.56. The van der Waals surface area contributed by atoms with E-state index in [-0.39, 0.29) is 17.4 Å². The van der Waals surface area contributed by atoms with E-state index >= 15 is 0 Å². The van der Waals surface area contributed by atoms with E-state index in [1.165, 1.54) is 17.4 Å². The lowest BCUT2D eigenvalue weighted by Crippen LogP contribution is -2.43. The topological polar surface area (TPSA) is 71.4 Å². The monoisotopic (exact) mass is 359 g/mol. The lowest BCUT2D eigenvalue weighted by molar-refractivity contribution is -0.119. The standard InChI is InChI=1S/C18H21N3O3S/c1-2-9-20-12-13(7-8-16(20)22)19-17(23)14-5-3-10-21(14)18(24)15-6-4-11-25-15/h4,6-8,11-12,14H,2-3,5,9-10H2,1H3,(H,19,23)/t14-/m1/s1. The van der Waals surface area contributed by atoms with Crippen LogP contribution < -0.4 is 10.9 Å². The number of hydrogen-bond acceptors (Lipinski definition) is 4. The molecule has 2 amide bonds. The second kappa shape index (κ2) is 7.65. The van der Waals surface area contributed by atoms with Crippen LogP contribution in [0.25, 0.3) is 0 Å². The SMILES string of the molecule is CCCn1cc(NC(=O)[C@H]2CCCN2C(=O)c2cccs2)ccc1=O. The van der Waals surface area contributed by atoms with Crippen molar-refractivity contribution in [1.82, 2.24) is 9.47 Å². The van der Waals surface area contributed by atoms with Gasteiger partial charge in [-0.25, -0.2) is 0 Å². The largest absolute Gasteiger partial charge is 0.326 e. The number of thiophene rings is 1. The number of nitrogens with one attached hydrogen (secondary N) is 1. The second-order valence-electron chi connectivity index (χ2n) is 6.07. The summed E-state index contributed by atoms with van der Waals surface area (Å²) in [5.74, 6) is -0.298. The highest BCUT2D eigenvalue weighted by Gasteiger charge is 2.34. The molecule has 2 aromatic heterocycles. The molecule has 0 spiro atoms. The number of amides is 2. The van der Waals surface area contributed by atoms with Gasteiger partial charge in [0.15, 0.2) is 0 Å². The van der Waals surface area contributed by atoms with Crippen LogP contribution in [0.15, 0.2) is 40.6 Å². The molecular weight excluding hydrogens is 338 g/mol. The first-order valence-corrected chi connectivity index (χ1v) is 9.34. The fraction of sp³-hybridized carbons (Fsp3) is 0.389. The summed E-state index contributed by atoms with van der Waals surface area (Å²) in [6.07, 6.45) is 3.95. The highest BCUT2D eigenvalue weighted by Crippen LogP contribution is 2.23. The molecule has 0 unspecified atom stereocenters. The Hall–Kier alpha value is -2.41. The molecule has 0 aromatic carbocycles. The molecule has 25 heavy (non-hydrogen) atoms. The van der Waals surface area contributed by atoms with E-state index in [1.807, 2.05) is 18.4 Å². The van der Waals surface area contributed by atoms with Crippen LogP contribution in [0.5, 0.6) is 0 Å². The van der Waals surface area contributed by atoms with Crippen molar-refractivity contribution in [1.29, 1.82) is 0 Å². The van der Waals surface area contributed by atoms with E-state index in [1.54, 1.807) is 27.8 Å². The van der Waals surface area contributed by atoms with E-state index in [9.17, 15) is 14.4 Å². The summed E-state index contributed by atoms with van der Waals surface area (Å²) in [5, 5.41) is 4.71. The number of aromatic nitrogens is 1. The van der Waals surface area contributed by atoms with Crippen LogP contribution in [0.4, 0.5) is 5.69 Å². The second-order valence-corrected chi connectivity index (χ2v) is 7.02. The van der Waals surface area contributed by atoms with Gasteiger partial charge in [0.1, 0.15) is 6.04 Å². The predicted molar refractivity (Wildman–Crippen MR) is 98.0 cm³/mol. The number of carbonyl (C=O) groups is 2. The number of hydrogen-bond donors (Lipinski definition) is 1. The molecule has 1 saturated heterocycles. The Labute approximate surface area is 150 Å². The van der Waals surface area contributed by atoms with E-state index in [2.05, 4.69) is 5.32 Å². The van der Waals surface area contributed by atoms with E-state index < -0.39 is 6.04 Å². The van der Waals surface area contributed by atoms with Gasteiger partial charge in [-0.1, -0.05) is 13.0 Å². The number of rotatable bonds is 5. The highest BCUT2D eigenvalue weighted by molar-refractivity contribution is 7.12. The number of pyridine rings is 1. The molecule has 3 rings (SSSR count). The minimum Gasteiger partial charge on any atom is -0.326 e. The maximum atomic E-state index is 12.7. The Kier molecular flexibility index (Phi) is 5.33. The van der Waals surface area contributed by atoms with Crippen LogP contribution in [-0.2, 0) is 11.3 Å². The average Bonchev–Trinajstić information content (AvgIpc) is 3.29. The van der Waals surface area contributed by atoms with Crippen molar-refractivity contribution in [3.63, 3.8) is 0 Å². The van der Waals surface area contributed by atoms with Crippen LogP contribution in [0.2, 0.25) is 0 Å². The first-order valence-electron chi connectivity index (χ1n) is 8.46. The smallest absolute Gasteiger partial charge is 0.264 e. The Morgan fingerprint density at radius 2 is 2.16 bits per heavy atom. The van der Waals surface area contributed by atoms with Crippen molar-refractivity contribution in [2.75, 3.05) is 11.9 Å². The molecule has 0 aliphatic carbocycles. The van der Waals surface area contributed by atoms with E-state index in [0.717, 1.165) is 12.8 Å². The fourth-order valence-electron chi connectivity index (χ4n) is 3.07. The van der Waals surface area contributed by atoms with Crippen LogP contribution in [0.1, 0.15) is 35.9 Å². The molecule has 1 aliphatic heterocycles. The molecular formula is C18H21N3O3S. The zero-order chi connectivity index (χ0) is 17.8. The van der Waals surface area contributed by atoms with Crippen molar-refractivity contribution in [2.24, 2.45) is 0 Å². The Bertz CT molecular complexity index is 813. The van der Waals surface area contributed by atoms with Crippen LogP contribution >= 0.6 is 11.3 Å². The highest BCUT2D eigenvalue weighted by atomic mass is 32.1. The van der Waals surface area contributed by atoms with Crippen LogP contribution in [0, 0.1) is 0 Å². The first-order chi connectivity index (χ1) is 12.1. The Morgan fingerprint density at radius 1 is 1.32 bits per heavy atom. The zero-order valence-corrected chi connectivity index (χ0v) is 14.9. The summed E-state index contributed by atoms with van der Waals surface area (Å²) in [5.41, 5.74) is 0.490. The summed E-state index contributed by atoms with van der Waals surface area (Å²) < 4.78 is 1.58. The van der Waals surface area contributed by atoms with Gasteiger partial charge in [0.05, 0.1) is 10.6 Å². The molecule has 0 saturated carbocycles. The van der Waals surface area contributed by atoms with Crippen molar-refractivity contribution < 1.29 is 9.59 Å². The number of aryl methyl sites for hydroxylation is 1. The Morgan fingerprint density at radius 3 is 2.88 bits per heavy atom. The third-order valence-electron chi connectivity index (χ3n) is 4.26. The third kappa shape index (κ3) is 3.82. The van der Waals surface area contributed by atoms with Gasteiger partial charge in [0, 0.05) is 25.4 Å². The van der Waals surface area contributed by atoms with Gasteiger partial charge in [-0.2, -0.15) is 0 Å². The molecule has 0 radical (unpaired) electrons. The first kappa shape index (κ1) is 17.4. The quantitative estimate of drug-likeness (QED) is 0.892. The number of likely N-dealkylation sites (tertiary alicyclic amines) is 1. The fourth-order valence-corrected chi connectivity index (χ4v) is 3.75. The normalized spacial score (nSPS) is 16.8. The summed E-state index contributed by atoms with van der Waals surface area (Å²) in [6, 6.07) is 6.20. The summed E-state index contributed by atoms with van der Waals surface area (Å²) >= 11 is 1.38. The molecule has 3 heterocycles. The minimum absolute atomic E-state index is 0.0878. The molecule has 1 atom stereocenters. The Balaban J connectivity index is 1.73. The molecule has 2 aromatic rings. The maximum absolute atomic E-state index is 12.7. The number of nitrogens with zero attached hydrogens (tertiary/aromatic N) is 2. The lowest BCUT2D eigenvalue weighted by Gasteiger charge is -2.23.